The lowest BCUT2D eigenvalue weighted by molar-refractivity contribution is -0.567. The van der Waals surface area contributed by atoms with E-state index in [4.69, 9.17) is 10.2 Å². The fourth-order valence-corrected chi connectivity index (χ4v) is 1.19. The van der Waals surface area contributed by atoms with Crippen LogP contribution in [0.5, 0.6) is 0 Å². The summed E-state index contributed by atoms with van der Waals surface area (Å²) < 4.78 is 148. The fraction of sp³-hybridized carbons (Fsp3) is 1.00. The van der Waals surface area contributed by atoms with E-state index in [0.717, 1.165) is 0 Å². The van der Waals surface area contributed by atoms with Crippen molar-refractivity contribution in [1.29, 1.82) is 0 Å². The van der Waals surface area contributed by atoms with Gasteiger partial charge < -0.3 is 10.2 Å². The van der Waals surface area contributed by atoms with E-state index in [-0.39, 0.29) is 0 Å². The molecule has 134 valence electrons. The van der Waals surface area contributed by atoms with Gasteiger partial charge in [-0.1, -0.05) is 0 Å². The van der Waals surface area contributed by atoms with Gasteiger partial charge in [-0.25, -0.2) is 0 Å². The average Bonchev–Trinajstić information content (AvgIpc) is 2.24. The van der Waals surface area contributed by atoms with E-state index in [0.29, 0.717) is 0 Å². The van der Waals surface area contributed by atoms with Gasteiger partial charge in [-0.3, -0.25) is 0 Å². The third-order valence-corrected chi connectivity index (χ3v) is 2.30. The number of aliphatic hydroxyl groups is 2. The molecule has 0 amide bonds. The molecule has 16 heteroatoms. The second-order valence-electron chi connectivity index (χ2n) is 3.59. The molecule has 0 aromatic heterocycles. The summed E-state index contributed by atoms with van der Waals surface area (Å²) in [6.45, 7) is 0. The normalized spacial score (nSPS) is 20.5. The zero-order valence-electron chi connectivity index (χ0n) is 9.25. The molecule has 2 N–H and O–H groups in total. The van der Waals surface area contributed by atoms with Crippen molar-refractivity contribution < 1.29 is 73.1 Å². The molecule has 4 nitrogen and oxygen atoms in total. The van der Waals surface area contributed by atoms with Gasteiger partial charge in [0.25, 0.3) is 0 Å². The largest absolute Gasteiger partial charge is 0.436 e. The topological polar surface area (TPSA) is 58.9 Å². The molecule has 0 aliphatic rings. The highest BCUT2D eigenvalue weighted by atomic mass is 19.4. The number of halogens is 12. The average molecular weight is 366 g/mol. The summed E-state index contributed by atoms with van der Waals surface area (Å²) in [5, 5.41) is 15.8. The van der Waals surface area contributed by atoms with Crippen molar-refractivity contribution in [3.05, 3.63) is 0 Å². The first-order valence-electron chi connectivity index (χ1n) is 4.30. The fourth-order valence-electron chi connectivity index (χ4n) is 1.19. The van der Waals surface area contributed by atoms with Gasteiger partial charge in [-0.15, -0.1) is 4.94 Å². The minimum Gasteiger partial charge on any atom is -0.350 e. The molecule has 0 aromatic rings. The SMILES string of the molecule is OC(F)(F)C(O)(F)C(F)(OF)C(OF)(C(F)(F)F)C(F)(F)F. The molecule has 0 bridgehead atoms. The Morgan fingerprint density at radius 3 is 1.05 bits per heavy atom. The van der Waals surface area contributed by atoms with Gasteiger partial charge in [0.1, 0.15) is 0 Å². The summed E-state index contributed by atoms with van der Waals surface area (Å²) >= 11 is 0. The van der Waals surface area contributed by atoms with Crippen LogP contribution in [-0.4, -0.2) is 46.0 Å². The Morgan fingerprint density at radius 2 is 0.909 bits per heavy atom. The summed E-state index contributed by atoms with van der Waals surface area (Å²) in [5.41, 5.74) is -7.43. The van der Waals surface area contributed by atoms with Crippen molar-refractivity contribution in [3.63, 3.8) is 0 Å². The van der Waals surface area contributed by atoms with Gasteiger partial charge in [0.2, 0.25) is 0 Å². The molecule has 0 radical (unpaired) electrons. The van der Waals surface area contributed by atoms with Crippen LogP contribution in [-0.2, 0) is 9.88 Å². The number of rotatable bonds is 5. The van der Waals surface area contributed by atoms with Crippen molar-refractivity contribution in [2.24, 2.45) is 0 Å². The van der Waals surface area contributed by atoms with E-state index in [1.165, 1.54) is 9.88 Å². The van der Waals surface area contributed by atoms with Crippen LogP contribution in [0.15, 0.2) is 0 Å². The minimum atomic E-state index is -7.55. The molecule has 2 unspecified atom stereocenters. The first-order chi connectivity index (χ1) is 9.37. The molecule has 0 rings (SSSR count). The van der Waals surface area contributed by atoms with Crippen LogP contribution in [0.25, 0.3) is 0 Å². The van der Waals surface area contributed by atoms with Gasteiger partial charge in [-0.2, -0.15) is 48.8 Å². The zero-order valence-corrected chi connectivity index (χ0v) is 9.25. The molecular formula is C6H2F12O4. The molecule has 2 atom stereocenters. The Hall–Kier alpha value is -1.00. The Balaban J connectivity index is 6.82. The molecule has 0 heterocycles. The zero-order chi connectivity index (χ0) is 18.4. The highest BCUT2D eigenvalue weighted by Gasteiger charge is 2.94. The Labute approximate surface area is 110 Å². The van der Waals surface area contributed by atoms with Crippen molar-refractivity contribution in [2.45, 2.75) is 35.8 Å². The summed E-state index contributed by atoms with van der Waals surface area (Å²) in [7, 11) is 0. The first-order valence-corrected chi connectivity index (χ1v) is 4.30. The van der Waals surface area contributed by atoms with Gasteiger partial charge in [0.05, 0.1) is 0 Å². The molecule has 0 spiro atoms. The molecule has 0 aliphatic carbocycles. The van der Waals surface area contributed by atoms with Crippen molar-refractivity contribution >= 4 is 0 Å². The number of alkyl halides is 10. The van der Waals surface area contributed by atoms with Crippen LogP contribution in [0.1, 0.15) is 0 Å². The van der Waals surface area contributed by atoms with Crippen molar-refractivity contribution in [2.75, 3.05) is 0 Å². The summed E-state index contributed by atoms with van der Waals surface area (Å²) in [4.78, 5) is 2.37. The number of hydrogen-bond acceptors (Lipinski definition) is 4. The lowest BCUT2D eigenvalue weighted by Gasteiger charge is -2.44. The Bertz CT molecular complexity index is 382. The van der Waals surface area contributed by atoms with Crippen LogP contribution in [0.3, 0.4) is 0 Å². The maximum Gasteiger partial charge on any atom is 0.436 e. The molecule has 0 saturated carbocycles. The smallest absolute Gasteiger partial charge is 0.350 e. The standard InChI is InChI=1S/C6H2F12O4/c7-2(19,6(15,16)20)3(8,22-18)1(21-17,4(9,10)11)5(12,13)14/h19-20H. The van der Waals surface area contributed by atoms with Crippen LogP contribution in [0.2, 0.25) is 0 Å². The predicted molar refractivity (Wildman–Crippen MR) is 36.3 cm³/mol. The maximum absolute atomic E-state index is 13.4. The van der Waals surface area contributed by atoms with Crippen molar-refractivity contribution in [3.8, 4) is 0 Å². The minimum absolute atomic E-state index is 1.17. The van der Waals surface area contributed by atoms with E-state index in [1.807, 2.05) is 0 Å². The summed E-state index contributed by atoms with van der Waals surface area (Å²) in [5.74, 6) is -14.5. The van der Waals surface area contributed by atoms with Crippen molar-refractivity contribution in [1.82, 2.24) is 0 Å². The van der Waals surface area contributed by atoms with Crippen LogP contribution in [0.4, 0.5) is 53.0 Å². The van der Waals surface area contributed by atoms with E-state index in [1.54, 1.807) is 0 Å². The molecular weight excluding hydrogens is 364 g/mol. The van der Waals surface area contributed by atoms with E-state index in [9.17, 15) is 53.0 Å². The molecule has 0 aromatic carbocycles. The molecule has 0 aliphatic heterocycles. The van der Waals surface area contributed by atoms with Gasteiger partial charge in [0.15, 0.2) is 0 Å². The van der Waals surface area contributed by atoms with Gasteiger partial charge in [-0.05, 0) is 9.05 Å². The Morgan fingerprint density at radius 1 is 0.591 bits per heavy atom. The lowest BCUT2D eigenvalue weighted by Crippen LogP contribution is -2.79. The van der Waals surface area contributed by atoms with E-state index in [2.05, 4.69) is 0 Å². The first kappa shape index (κ1) is 21.0. The monoisotopic (exact) mass is 366 g/mol. The molecule has 0 fully saturated rings. The van der Waals surface area contributed by atoms with Crippen LogP contribution in [0, 0.1) is 0 Å². The highest BCUT2D eigenvalue weighted by molar-refractivity contribution is 5.13. The predicted octanol–water partition coefficient (Wildman–Crippen LogP) is 2.56. The second-order valence-corrected chi connectivity index (χ2v) is 3.59. The summed E-state index contributed by atoms with van der Waals surface area (Å²) in [6.07, 6.45) is -21.9. The van der Waals surface area contributed by atoms with Gasteiger partial charge in [0, 0.05) is 0 Å². The third kappa shape index (κ3) is 2.46. The van der Waals surface area contributed by atoms with E-state index >= 15 is 0 Å². The third-order valence-electron chi connectivity index (χ3n) is 2.30. The van der Waals surface area contributed by atoms with Crippen LogP contribution < -0.4 is 0 Å². The number of hydrogen-bond donors (Lipinski definition) is 2. The van der Waals surface area contributed by atoms with Crippen LogP contribution >= 0.6 is 0 Å². The molecule has 22 heavy (non-hydrogen) atoms. The lowest BCUT2D eigenvalue weighted by atomic mass is 9.86. The van der Waals surface area contributed by atoms with Gasteiger partial charge >= 0.3 is 35.8 Å². The molecule has 0 saturated heterocycles. The van der Waals surface area contributed by atoms with E-state index < -0.39 is 35.8 Å². The second kappa shape index (κ2) is 5.27. The Kier molecular flexibility index (Phi) is 5.03. The summed E-state index contributed by atoms with van der Waals surface area (Å²) in [6, 6.07) is 0. The quantitative estimate of drug-likeness (QED) is 0.735. The maximum atomic E-state index is 13.4. The highest BCUT2D eigenvalue weighted by Crippen LogP contribution is 2.60.